The summed E-state index contributed by atoms with van der Waals surface area (Å²) in [6, 6.07) is 48.3. The van der Waals surface area contributed by atoms with E-state index >= 15 is 0 Å². The lowest BCUT2D eigenvalue weighted by molar-refractivity contribution is 0.111. The molecule has 0 aromatic heterocycles. The Morgan fingerprint density at radius 1 is 0.463 bits per heavy atom. The van der Waals surface area contributed by atoms with Crippen molar-refractivity contribution >= 4 is 62.4 Å². The number of aldehydes is 2. The molecule has 0 radical (unpaired) electrons. The number of anilines is 4. The zero-order valence-corrected chi connectivity index (χ0v) is 29.3. The molecule has 9 rings (SSSR count). The molecule has 0 saturated carbocycles. The number of hydrogen-bond donors (Lipinski definition) is 4. The highest BCUT2D eigenvalue weighted by Crippen LogP contribution is 2.53. The van der Waals surface area contributed by atoms with Crippen LogP contribution in [0.4, 0.5) is 22.7 Å². The van der Waals surface area contributed by atoms with Gasteiger partial charge in [0, 0.05) is 33.9 Å². The average molecular weight is 701 g/mol. The van der Waals surface area contributed by atoms with E-state index in [1.165, 1.54) is 0 Å². The van der Waals surface area contributed by atoms with Gasteiger partial charge in [-0.2, -0.15) is 0 Å². The molecule has 0 bridgehead atoms. The molecule has 1 atom stereocenters. The van der Waals surface area contributed by atoms with E-state index in [1.807, 2.05) is 66.7 Å². The van der Waals surface area contributed by atoms with Gasteiger partial charge in [-0.3, -0.25) is 9.59 Å². The first-order valence-corrected chi connectivity index (χ1v) is 17.8. The zero-order valence-electron chi connectivity index (χ0n) is 29.3. The van der Waals surface area contributed by atoms with E-state index in [0.717, 1.165) is 89.4 Å². The SMILES string of the molecule is Nc1ccc(C2=c3ccc4c(-c5ccc(N)cc5)cc(-c5ccc(N)cc5)c5ccc(c3c54)C(c3ccc(N)cc3)(c3cc(C=O)ccc3C=O)C2)cc1. The van der Waals surface area contributed by atoms with E-state index in [2.05, 4.69) is 66.7 Å². The highest BCUT2D eigenvalue weighted by molar-refractivity contribution is 6.21. The molecule has 0 amide bonds. The summed E-state index contributed by atoms with van der Waals surface area (Å²) in [5.41, 5.74) is 36.7. The molecule has 1 aliphatic carbocycles. The van der Waals surface area contributed by atoms with E-state index in [9.17, 15) is 9.59 Å². The third-order valence-corrected chi connectivity index (χ3v) is 11.2. The van der Waals surface area contributed by atoms with Crippen LogP contribution in [-0.2, 0) is 5.41 Å². The lowest BCUT2D eigenvalue weighted by Crippen LogP contribution is -2.37. The Hall–Kier alpha value is -7.18. The fourth-order valence-electron chi connectivity index (χ4n) is 8.59. The maximum absolute atomic E-state index is 13.0. The monoisotopic (exact) mass is 700 g/mol. The third-order valence-electron chi connectivity index (χ3n) is 11.2. The van der Waals surface area contributed by atoms with Crippen molar-refractivity contribution in [3.8, 4) is 22.3 Å². The summed E-state index contributed by atoms with van der Waals surface area (Å²) in [5, 5.41) is 5.42. The van der Waals surface area contributed by atoms with E-state index < -0.39 is 5.41 Å². The van der Waals surface area contributed by atoms with E-state index in [1.54, 1.807) is 12.1 Å². The molecule has 0 spiro atoms. The van der Waals surface area contributed by atoms with E-state index in [-0.39, 0.29) is 0 Å². The van der Waals surface area contributed by atoms with Crippen molar-refractivity contribution in [2.75, 3.05) is 22.9 Å². The third kappa shape index (κ3) is 5.03. The van der Waals surface area contributed by atoms with Gasteiger partial charge in [0.1, 0.15) is 12.6 Å². The molecule has 8 N–H and O–H groups in total. The normalized spacial score (nSPS) is 15.1. The van der Waals surface area contributed by atoms with Crippen molar-refractivity contribution in [2.45, 2.75) is 11.8 Å². The minimum absolute atomic E-state index is 0.487. The molecule has 8 aromatic carbocycles. The number of carbonyl (C=O) groups is 2. The second-order valence-corrected chi connectivity index (χ2v) is 14.2. The predicted octanol–water partition coefficient (Wildman–Crippen LogP) is 8.94. The van der Waals surface area contributed by atoms with Crippen molar-refractivity contribution in [3.63, 3.8) is 0 Å². The Morgan fingerprint density at radius 2 is 0.981 bits per heavy atom. The molecular formula is C48H36N4O2. The first-order chi connectivity index (χ1) is 26.3. The summed E-state index contributed by atoms with van der Waals surface area (Å²) in [6.07, 6.45) is 2.23. The smallest absolute Gasteiger partial charge is 0.150 e. The maximum atomic E-state index is 13.0. The number of hydrogen-bond acceptors (Lipinski definition) is 6. The topological polar surface area (TPSA) is 138 Å². The van der Waals surface area contributed by atoms with Gasteiger partial charge in [0.05, 0.1) is 5.41 Å². The van der Waals surface area contributed by atoms with E-state index in [4.69, 9.17) is 22.9 Å². The Labute approximate surface area is 312 Å². The lowest BCUT2D eigenvalue weighted by atomic mass is 9.60. The Bertz CT molecular complexity index is 2780. The molecule has 0 aliphatic heterocycles. The molecule has 1 unspecified atom stereocenters. The van der Waals surface area contributed by atoms with Crippen LogP contribution in [0.2, 0.25) is 0 Å². The van der Waals surface area contributed by atoms with Crippen LogP contribution in [0.1, 0.15) is 49.4 Å². The summed E-state index contributed by atoms with van der Waals surface area (Å²) in [4.78, 5) is 25.4. The highest BCUT2D eigenvalue weighted by Gasteiger charge is 2.43. The van der Waals surface area contributed by atoms with Crippen molar-refractivity contribution in [1.82, 2.24) is 0 Å². The summed E-state index contributed by atoms with van der Waals surface area (Å²) < 4.78 is 0. The minimum Gasteiger partial charge on any atom is -0.399 e. The first kappa shape index (κ1) is 32.7. The van der Waals surface area contributed by atoms with Crippen LogP contribution in [0, 0.1) is 0 Å². The van der Waals surface area contributed by atoms with E-state index in [0.29, 0.717) is 40.3 Å². The number of benzene rings is 8. The van der Waals surface area contributed by atoms with Crippen LogP contribution in [0.5, 0.6) is 0 Å². The van der Waals surface area contributed by atoms with Crippen LogP contribution in [0.25, 0.3) is 49.4 Å². The molecular weight excluding hydrogens is 665 g/mol. The van der Waals surface area contributed by atoms with Crippen LogP contribution < -0.4 is 28.2 Å². The Kier molecular flexibility index (Phi) is 7.57. The summed E-state index contributed by atoms with van der Waals surface area (Å²) in [6.45, 7) is 0. The standard InChI is InChI=1S/C48H36N4O2/c49-34-11-3-29(4-12-34)41-24-42(30-5-13-35(50)14-6-30)39-21-22-44-47-40(20-19-38(41)46(39)47)43(31-7-15-36(51)16-8-31)25-48(44,33-9-17-37(52)18-10-33)45-23-28(26-53)1-2-32(45)27-54/h1-24,26-27H,25,49-52H2. The van der Waals surface area contributed by atoms with Crippen molar-refractivity contribution < 1.29 is 9.59 Å². The number of rotatable bonds is 7. The van der Waals surface area contributed by atoms with Crippen LogP contribution in [-0.4, -0.2) is 12.6 Å². The van der Waals surface area contributed by atoms with Gasteiger partial charge < -0.3 is 22.9 Å². The highest BCUT2D eigenvalue weighted by atomic mass is 16.1. The van der Waals surface area contributed by atoms with Gasteiger partial charge in [0.25, 0.3) is 0 Å². The summed E-state index contributed by atoms with van der Waals surface area (Å²) in [5.74, 6) is 0. The lowest BCUT2D eigenvalue weighted by Gasteiger charge is -2.41. The Balaban J connectivity index is 1.52. The molecule has 54 heavy (non-hydrogen) atoms. The quantitative estimate of drug-likeness (QED) is 0.0968. The van der Waals surface area contributed by atoms with Crippen molar-refractivity contribution in [2.24, 2.45) is 0 Å². The minimum atomic E-state index is -0.909. The number of nitrogen functional groups attached to an aromatic ring is 4. The second-order valence-electron chi connectivity index (χ2n) is 14.2. The molecule has 8 aromatic rings. The number of nitrogens with two attached hydrogens (primary N) is 4. The van der Waals surface area contributed by atoms with Gasteiger partial charge in [0.15, 0.2) is 0 Å². The average Bonchev–Trinajstić information content (AvgIpc) is 3.20. The second kappa shape index (κ2) is 12.5. The fourth-order valence-corrected chi connectivity index (χ4v) is 8.59. The molecule has 260 valence electrons. The molecule has 0 saturated heterocycles. The van der Waals surface area contributed by atoms with Crippen LogP contribution in [0.3, 0.4) is 0 Å². The largest absolute Gasteiger partial charge is 0.399 e. The van der Waals surface area contributed by atoms with Crippen molar-refractivity contribution in [3.05, 3.63) is 184 Å². The molecule has 6 nitrogen and oxygen atoms in total. The number of carbonyl (C=O) groups excluding carboxylic acids is 2. The first-order valence-electron chi connectivity index (χ1n) is 17.8. The van der Waals surface area contributed by atoms with Gasteiger partial charge in [-0.15, -0.1) is 0 Å². The molecule has 6 heteroatoms. The van der Waals surface area contributed by atoms with Gasteiger partial charge in [0.2, 0.25) is 0 Å². The predicted molar refractivity (Wildman–Crippen MR) is 222 cm³/mol. The summed E-state index contributed by atoms with van der Waals surface area (Å²) in [7, 11) is 0. The Morgan fingerprint density at radius 3 is 1.52 bits per heavy atom. The van der Waals surface area contributed by atoms with Crippen LogP contribution >= 0.6 is 0 Å². The molecule has 1 aliphatic rings. The van der Waals surface area contributed by atoms with Crippen LogP contribution in [0.15, 0.2) is 146 Å². The fraction of sp³-hybridized carbons (Fsp3) is 0.0417. The maximum Gasteiger partial charge on any atom is 0.150 e. The zero-order chi connectivity index (χ0) is 37.1. The van der Waals surface area contributed by atoms with Gasteiger partial charge in [-0.1, -0.05) is 84.9 Å². The van der Waals surface area contributed by atoms with Crippen molar-refractivity contribution in [1.29, 1.82) is 0 Å². The van der Waals surface area contributed by atoms with Gasteiger partial charge in [-0.25, -0.2) is 0 Å². The van der Waals surface area contributed by atoms with Gasteiger partial charge >= 0.3 is 0 Å². The molecule has 0 fully saturated rings. The summed E-state index contributed by atoms with van der Waals surface area (Å²) >= 11 is 0. The molecule has 0 heterocycles. The van der Waals surface area contributed by atoms with Gasteiger partial charge in [-0.05, 0) is 144 Å².